The minimum absolute atomic E-state index is 0.0759. The summed E-state index contributed by atoms with van der Waals surface area (Å²) >= 11 is 0. The molecule has 0 aliphatic carbocycles. The van der Waals surface area contributed by atoms with Crippen LogP contribution in [0.15, 0.2) is 6.33 Å². The van der Waals surface area contributed by atoms with Crippen molar-refractivity contribution < 1.29 is 19.1 Å². The Labute approximate surface area is 88.9 Å². The minimum atomic E-state index is -4.26. The summed E-state index contributed by atoms with van der Waals surface area (Å²) in [4.78, 5) is 31.3. The summed E-state index contributed by atoms with van der Waals surface area (Å²) in [5.74, 6) is 0.0759. The molecule has 0 amide bonds. The molecule has 5 N–H and O–H groups in total. The average Bonchev–Trinajstić information content (AvgIpc) is 2.62. The molecule has 2 aromatic heterocycles. The first-order chi connectivity index (χ1) is 7.46. The standard InChI is InChI=1S/C6H8N5O4P/c7-4-3-5(9-1-8-3)11-6(10-4)15-2-16(12,13)14/h1H,2H2,(H2,12,13,14)(H3,7,8,9,10,11). The molecule has 2 rings (SSSR count). The number of rotatable bonds is 3. The molecule has 86 valence electrons. The molecular formula is C6H8N5O4P. The summed E-state index contributed by atoms with van der Waals surface area (Å²) < 4.78 is 15.3. The Kier molecular flexibility index (Phi) is 2.50. The Morgan fingerprint density at radius 3 is 2.94 bits per heavy atom. The lowest BCUT2D eigenvalue weighted by molar-refractivity contribution is 0.287. The number of aromatic nitrogens is 4. The maximum absolute atomic E-state index is 10.6. The van der Waals surface area contributed by atoms with Crippen LogP contribution >= 0.6 is 7.60 Å². The van der Waals surface area contributed by atoms with Crippen LogP contribution in [-0.2, 0) is 4.57 Å². The lowest BCUT2D eigenvalue weighted by Crippen LogP contribution is -2.04. The smallest absolute Gasteiger partial charge is 0.362 e. The van der Waals surface area contributed by atoms with Crippen molar-refractivity contribution in [1.82, 2.24) is 19.9 Å². The van der Waals surface area contributed by atoms with Crippen LogP contribution in [-0.4, -0.2) is 36.1 Å². The number of hydrogen-bond acceptors (Lipinski definition) is 6. The first-order valence-corrected chi connectivity index (χ1v) is 5.89. The van der Waals surface area contributed by atoms with Gasteiger partial charge in [-0.25, -0.2) is 4.98 Å². The summed E-state index contributed by atoms with van der Waals surface area (Å²) in [6, 6.07) is -0.211. The van der Waals surface area contributed by atoms with Crippen LogP contribution in [0.4, 0.5) is 5.82 Å². The summed E-state index contributed by atoms with van der Waals surface area (Å²) in [6.07, 6.45) is 0.578. The fourth-order valence-electron chi connectivity index (χ4n) is 1.04. The Morgan fingerprint density at radius 2 is 2.25 bits per heavy atom. The van der Waals surface area contributed by atoms with Gasteiger partial charge in [0.25, 0.3) is 0 Å². The maximum Gasteiger partial charge on any atom is 0.362 e. The van der Waals surface area contributed by atoms with Crippen molar-refractivity contribution in [3.63, 3.8) is 0 Å². The monoisotopic (exact) mass is 245 g/mol. The molecule has 2 aromatic rings. The highest BCUT2D eigenvalue weighted by Gasteiger charge is 2.16. The van der Waals surface area contributed by atoms with Gasteiger partial charge in [0.15, 0.2) is 17.8 Å². The van der Waals surface area contributed by atoms with Crippen LogP contribution in [0, 0.1) is 0 Å². The molecule has 0 bridgehead atoms. The topological polar surface area (TPSA) is 147 Å². The van der Waals surface area contributed by atoms with E-state index in [1.165, 1.54) is 6.33 Å². The van der Waals surface area contributed by atoms with Crippen molar-refractivity contribution in [1.29, 1.82) is 0 Å². The molecule has 0 unspecified atom stereocenters. The number of aromatic amines is 1. The number of ether oxygens (including phenoxy) is 1. The maximum atomic E-state index is 10.6. The summed E-state index contributed by atoms with van der Waals surface area (Å²) in [6.45, 7) is 0. The summed E-state index contributed by atoms with van der Waals surface area (Å²) in [5, 5.41) is 0. The van der Waals surface area contributed by atoms with Gasteiger partial charge in [0.2, 0.25) is 0 Å². The normalized spacial score (nSPS) is 11.9. The van der Waals surface area contributed by atoms with Gasteiger partial charge in [-0.2, -0.15) is 9.97 Å². The second-order valence-electron chi connectivity index (χ2n) is 2.93. The second-order valence-corrected chi connectivity index (χ2v) is 4.52. The molecular weight excluding hydrogens is 237 g/mol. The van der Waals surface area contributed by atoms with Gasteiger partial charge >= 0.3 is 13.6 Å². The van der Waals surface area contributed by atoms with E-state index in [1.807, 2.05) is 0 Å². The van der Waals surface area contributed by atoms with E-state index in [2.05, 4.69) is 19.9 Å². The van der Waals surface area contributed by atoms with E-state index in [9.17, 15) is 4.57 Å². The Hall–Kier alpha value is -1.70. The molecule has 0 radical (unpaired) electrons. The molecule has 0 atom stereocenters. The van der Waals surface area contributed by atoms with Gasteiger partial charge in [-0.15, -0.1) is 0 Å². The van der Waals surface area contributed by atoms with Gasteiger partial charge in [-0.05, 0) is 0 Å². The molecule has 0 aromatic carbocycles. The van der Waals surface area contributed by atoms with E-state index in [4.69, 9.17) is 20.3 Å². The molecule has 2 heterocycles. The van der Waals surface area contributed by atoms with Gasteiger partial charge in [-0.3, -0.25) is 4.57 Å². The Balaban J connectivity index is 2.28. The van der Waals surface area contributed by atoms with Crippen LogP contribution in [0.3, 0.4) is 0 Å². The molecule has 0 fully saturated rings. The van der Waals surface area contributed by atoms with Crippen LogP contribution in [0.2, 0.25) is 0 Å². The minimum Gasteiger partial charge on any atom is -0.450 e. The lowest BCUT2D eigenvalue weighted by atomic mass is 10.5. The van der Waals surface area contributed by atoms with E-state index in [0.29, 0.717) is 11.2 Å². The quantitative estimate of drug-likeness (QED) is 0.526. The van der Waals surface area contributed by atoms with Crippen LogP contribution in [0.5, 0.6) is 6.01 Å². The van der Waals surface area contributed by atoms with Gasteiger partial charge in [0, 0.05) is 0 Å². The zero-order valence-corrected chi connectivity index (χ0v) is 8.76. The zero-order chi connectivity index (χ0) is 11.8. The molecule has 10 heteroatoms. The van der Waals surface area contributed by atoms with Crippen LogP contribution in [0.1, 0.15) is 0 Å². The SMILES string of the molecule is Nc1nc(OCP(=O)(O)O)nc2[nH]cnc12. The van der Waals surface area contributed by atoms with Crippen molar-refractivity contribution >= 4 is 24.6 Å². The highest BCUT2D eigenvalue weighted by Crippen LogP contribution is 2.34. The molecule has 0 saturated heterocycles. The van der Waals surface area contributed by atoms with Crippen molar-refractivity contribution in [2.24, 2.45) is 0 Å². The summed E-state index contributed by atoms with van der Waals surface area (Å²) in [5.41, 5.74) is 6.25. The van der Waals surface area contributed by atoms with E-state index in [-0.39, 0.29) is 11.8 Å². The number of nitrogen functional groups attached to an aromatic ring is 1. The van der Waals surface area contributed by atoms with E-state index >= 15 is 0 Å². The van der Waals surface area contributed by atoms with Crippen molar-refractivity contribution in [2.75, 3.05) is 12.1 Å². The third kappa shape index (κ3) is 2.27. The molecule has 16 heavy (non-hydrogen) atoms. The molecule has 9 nitrogen and oxygen atoms in total. The number of nitrogens with two attached hydrogens (primary N) is 1. The fourth-order valence-corrected chi connectivity index (χ4v) is 1.33. The number of imidazole rings is 1. The van der Waals surface area contributed by atoms with Crippen LogP contribution in [0.25, 0.3) is 11.2 Å². The van der Waals surface area contributed by atoms with Crippen molar-refractivity contribution in [3.8, 4) is 6.01 Å². The molecule has 0 saturated carbocycles. The largest absolute Gasteiger partial charge is 0.450 e. The highest BCUT2D eigenvalue weighted by molar-refractivity contribution is 7.51. The number of nitrogens with zero attached hydrogens (tertiary/aromatic N) is 3. The van der Waals surface area contributed by atoms with Crippen molar-refractivity contribution in [3.05, 3.63) is 6.33 Å². The summed E-state index contributed by atoms with van der Waals surface area (Å²) in [7, 11) is -4.26. The first kappa shape index (κ1) is 10.8. The zero-order valence-electron chi connectivity index (χ0n) is 7.86. The van der Waals surface area contributed by atoms with Gasteiger partial charge < -0.3 is 25.2 Å². The van der Waals surface area contributed by atoms with Crippen LogP contribution < -0.4 is 10.5 Å². The number of hydrogen-bond donors (Lipinski definition) is 4. The fraction of sp³-hybridized carbons (Fsp3) is 0.167. The highest BCUT2D eigenvalue weighted by atomic mass is 31.2. The molecule has 0 aliphatic heterocycles. The lowest BCUT2D eigenvalue weighted by Gasteiger charge is -2.05. The van der Waals surface area contributed by atoms with E-state index in [0.717, 1.165) is 0 Å². The Morgan fingerprint density at radius 1 is 1.50 bits per heavy atom. The molecule has 0 spiro atoms. The first-order valence-electron chi connectivity index (χ1n) is 4.10. The molecule has 0 aliphatic rings. The number of H-pyrrole nitrogens is 1. The number of fused-ring (bicyclic) bond motifs is 1. The average molecular weight is 245 g/mol. The Bertz CT molecular complexity index is 563. The number of nitrogens with one attached hydrogen (secondary N) is 1. The predicted molar refractivity (Wildman–Crippen MR) is 53.6 cm³/mol. The third-order valence-corrected chi connectivity index (χ3v) is 2.11. The van der Waals surface area contributed by atoms with E-state index < -0.39 is 13.9 Å². The van der Waals surface area contributed by atoms with Gasteiger partial charge in [0.1, 0.15) is 5.52 Å². The van der Waals surface area contributed by atoms with Gasteiger partial charge in [0.05, 0.1) is 6.33 Å². The van der Waals surface area contributed by atoms with E-state index in [1.54, 1.807) is 0 Å². The predicted octanol–water partition coefficient (Wildman–Crippen LogP) is -0.551. The van der Waals surface area contributed by atoms with Crippen molar-refractivity contribution in [2.45, 2.75) is 0 Å². The third-order valence-electron chi connectivity index (χ3n) is 1.65. The second kappa shape index (κ2) is 3.71. The number of anilines is 1. The van der Waals surface area contributed by atoms with Gasteiger partial charge in [-0.1, -0.05) is 0 Å².